The summed E-state index contributed by atoms with van der Waals surface area (Å²) < 4.78 is 9.69. The molecule has 0 radical (unpaired) electrons. The molecule has 0 saturated carbocycles. The molecule has 4 aromatic rings. The minimum absolute atomic E-state index is 0.329. The number of hydrogen-bond acceptors (Lipinski definition) is 3. The third kappa shape index (κ3) is 2.31. The summed E-state index contributed by atoms with van der Waals surface area (Å²) >= 11 is 0. The quantitative estimate of drug-likeness (QED) is 0.418. The summed E-state index contributed by atoms with van der Waals surface area (Å²) in [6.07, 6.45) is 0. The number of nitrogens with zero attached hydrogens (tertiary/aromatic N) is 3. The van der Waals surface area contributed by atoms with Gasteiger partial charge < -0.3 is 9.32 Å². The molecule has 0 fully saturated rings. The highest BCUT2D eigenvalue weighted by Gasteiger charge is 2.25. The van der Waals surface area contributed by atoms with E-state index in [1.54, 1.807) is 0 Å². The molecule has 0 spiro atoms. The molecule has 0 unspecified atom stereocenters. The van der Waals surface area contributed by atoms with Gasteiger partial charge in [0.25, 0.3) is 5.82 Å². The van der Waals surface area contributed by atoms with Crippen molar-refractivity contribution in [2.45, 2.75) is 0 Å². The molecule has 0 N–H and O–H groups in total. The standard InChI is InChI=1S/C20H20N3O2/c1-21(2)14-10-9-13-11-15(20(24)25-18(13)12-14)19-22(3)16-7-5-6-8-17(16)23(19)4/h5-12H,1-4H3/q+1. The molecular formula is C20H20N3O2+. The van der Waals surface area contributed by atoms with Crippen LogP contribution in [0.2, 0.25) is 0 Å². The number of para-hydroxylation sites is 2. The Morgan fingerprint density at radius 3 is 2.56 bits per heavy atom. The molecule has 0 aliphatic rings. The first-order valence-corrected chi connectivity index (χ1v) is 8.16. The van der Waals surface area contributed by atoms with Gasteiger partial charge in [0.2, 0.25) is 0 Å². The molecule has 2 heterocycles. The Bertz CT molecular complexity index is 1130. The first-order valence-electron chi connectivity index (χ1n) is 8.16. The van der Waals surface area contributed by atoms with Gasteiger partial charge in [-0.15, -0.1) is 0 Å². The van der Waals surface area contributed by atoms with Gasteiger partial charge >= 0.3 is 5.63 Å². The Labute approximate surface area is 145 Å². The van der Waals surface area contributed by atoms with Crippen molar-refractivity contribution in [3.63, 3.8) is 0 Å². The summed E-state index contributed by atoms with van der Waals surface area (Å²) in [6, 6.07) is 15.9. The largest absolute Gasteiger partial charge is 0.422 e. The van der Waals surface area contributed by atoms with E-state index in [-0.39, 0.29) is 5.63 Å². The number of rotatable bonds is 2. The van der Waals surface area contributed by atoms with E-state index in [0.29, 0.717) is 11.1 Å². The summed E-state index contributed by atoms with van der Waals surface area (Å²) in [6.45, 7) is 0. The van der Waals surface area contributed by atoms with Gasteiger partial charge in [0.1, 0.15) is 5.58 Å². The number of aromatic nitrogens is 2. The van der Waals surface area contributed by atoms with Crippen LogP contribution in [-0.4, -0.2) is 18.7 Å². The maximum Gasteiger partial charge on any atom is 0.351 e. The van der Waals surface area contributed by atoms with Gasteiger partial charge in [0, 0.05) is 31.2 Å². The lowest BCUT2D eigenvalue weighted by Gasteiger charge is -2.12. The Morgan fingerprint density at radius 1 is 1.08 bits per heavy atom. The van der Waals surface area contributed by atoms with E-state index in [2.05, 4.69) is 0 Å². The summed E-state index contributed by atoms with van der Waals surface area (Å²) in [7, 11) is 7.86. The molecule has 0 amide bonds. The van der Waals surface area contributed by atoms with E-state index >= 15 is 0 Å². The molecule has 0 aliphatic heterocycles. The lowest BCUT2D eigenvalue weighted by molar-refractivity contribution is -0.634. The molecule has 126 valence electrons. The van der Waals surface area contributed by atoms with Crippen LogP contribution in [0.3, 0.4) is 0 Å². The summed E-state index contributed by atoms with van der Waals surface area (Å²) in [4.78, 5) is 14.7. The average molecular weight is 334 g/mol. The number of hydrogen-bond donors (Lipinski definition) is 0. The van der Waals surface area contributed by atoms with Crippen LogP contribution < -0.4 is 15.1 Å². The van der Waals surface area contributed by atoms with Crippen molar-refractivity contribution >= 4 is 27.7 Å². The molecule has 2 aromatic carbocycles. The van der Waals surface area contributed by atoms with Gasteiger partial charge in [-0.25, -0.2) is 13.9 Å². The summed E-state index contributed by atoms with van der Waals surface area (Å²) in [5.74, 6) is 0.827. The van der Waals surface area contributed by atoms with Gasteiger partial charge in [0.15, 0.2) is 16.6 Å². The van der Waals surface area contributed by atoms with Crippen molar-refractivity contribution in [2.24, 2.45) is 14.1 Å². The van der Waals surface area contributed by atoms with Gasteiger partial charge in [0.05, 0.1) is 14.1 Å². The molecule has 0 atom stereocenters. The van der Waals surface area contributed by atoms with Crippen LogP contribution in [0.25, 0.3) is 33.4 Å². The van der Waals surface area contributed by atoms with E-state index < -0.39 is 0 Å². The Hall–Kier alpha value is -3.08. The maximum atomic E-state index is 12.7. The fourth-order valence-corrected chi connectivity index (χ4v) is 3.38. The predicted octanol–water partition coefficient (Wildman–Crippen LogP) is 2.84. The van der Waals surface area contributed by atoms with Gasteiger partial charge in [-0.3, -0.25) is 0 Å². The van der Waals surface area contributed by atoms with Crippen molar-refractivity contribution in [3.8, 4) is 11.4 Å². The van der Waals surface area contributed by atoms with E-state index in [1.165, 1.54) is 0 Å². The highest BCUT2D eigenvalue weighted by molar-refractivity contribution is 5.84. The SMILES string of the molecule is CN(C)c1ccc2cc(-c3n(C)c4ccccc4[n+]3C)c(=O)oc2c1. The van der Waals surface area contributed by atoms with Crippen LogP contribution in [0, 0.1) is 0 Å². The zero-order chi connectivity index (χ0) is 17.7. The number of aryl methyl sites for hydroxylation is 2. The zero-order valence-corrected chi connectivity index (χ0v) is 14.8. The monoisotopic (exact) mass is 334 g/mol. The first kappa shape index (κ1) is 15.4. The van der Waals surface area contributed by atoms with Crippen LogP contribution in [0.1, 0.15) is 0 Å². The van der Waals surface area contributed by atoms with Gasteiger partial charge in [-0.1, -0.05) is 12.1 Å². The average Bonchev–Trinajstić information content (AvgIpc) is 2.85. The second kappa shape index (κ2) is 5.48. The smallest absolute Gasteiger partial charge is 0.351 e. The third-order valence-corrected chi connectivity index (χ3v) is 4.72. The molecule has 25 heavy (non-hydrogen) atoms. The van der Waals surface area contributed by atoms with Crippen LogP contribution in [0.5, 0.6) is 0 Å². The zero-order valence-electron chi connectivity index (χ0n) is 14.8. The lowest BCUT2D eigenvalue weighted by atomic mass is 10.1. The van der Waals surface area contributed by atoms with Crippen LogP contribution in [0.4, 0.5) is 5.69 Å². The first-order chi connectivity index (χ1) is 12.0. The third-order valence-electron chi connectivity index (χ3n) is 4.72. The van der Waals surface area contributed by atoms with Crippen LogP contribution >= 0.6 is 0 Å². The van der Waals surface area contributed by atoms with Crippen LogP contribution in [-0.2, 0) is 14.1 Å². The van der Waals surface area contributed by atoms with Crippen LogP contribution in [0.15, 0.2) is 57.7 Å². The van der Waals surface area contributed by atoms with Crippen molar-refractivity contribution < 1.29 is 8.98 Å². The molecule has 5 heteroatoms. The van der Waals surface area contributed by atoms with E-state index in [9.17, 15) is 4.79 Å². The number of imidazole rings is 1. The predicted molar refractivity (Wildman–Crippen MR) is 99.9 cm³/mol. The van der Waals surface area contributed by atoms with Crippen molar-refractivity contribution in [1.29, 1.82) is 0 Å². The Kier molecular flexibility index (Phi) is 3.39. The fourth-order valence-electron chi connectivity index (χ4n) is 3.38. The maximum absolute atomic E-state index is 12.7. The molecule has 5 nitrogen and oxygen atoms in total. The fraction of sp³-hybridized carbons (Fsp3) is 0.200. The topological polar surface area (TPSA) is 42.3 Å². The summed E-state index contributed by atoms with van der Waals surface area (Å²) in [5, 5.41) is 0.908. The normalized spacial score (nSPS) is 11.4. The molecule has 0 bridgehead atoms. The number of fused-ring (bicyclic) bond motifs is 2. The summed E-state index contributed by atoms with van der Waals surface area (Å²) in [5.41, 5.74) is 3.97. The van der Waals surface area contributed by atoms with Gasteiger partial charge in [-0.2, -0.15) is 0 Å². The van der Waals surface area contributed by atoms with Crippen molar-refractivity contribution in [2.75, 3.05) is 19.0 Å². The molecule has 4 rings (SSSR count). The second-order valence-electron chi connectivity index (χ2n) is 6.49. The lowest BCUT2D eigenvalue weighted by Crippen LogP contribution is -2.31. The molecule has 0 saturated heterocycles. The molecule has 0 aliphatic carbocycles. The second-order valence-corrected chi connectivity index (χ2v) is 6.49. The minimum Gasteiger partial charge on any atom is -0.422 e. The van der Waals surface area contributed by atoms with E-state index in [0.717, 1.165) is 27.9 Å². The van der Waals surface area contributed by atoms with E-state index in [4.69, 9.17) is 4.42 Å². The highest BCUT2D eigenvalue weighted by Crippen LogP contribution is 2.25. The van der Waals surface area contributed by atoms with E-state index in [1.807, 2.05) is 90.8 Å². The Balaban J connectivity index is 2.01. The molecular weight excluding hydrogens is 314 g/mol. The van der Waals surface area contributed by atoms with Crippen molar-refractivity contribution in [1.82, 2.24) is 4.57 Å². The molecule has 2 aromatic heterocycles. The highest BCUT2D eigenvalue weighted by atomic mass is 16.4. The number of benzene rings is 2. The minimum atomic E-state index is -0.329. The number of anilines is 1. The van der Waals surface area contributed by atoms with Crippen molar-refractivity contribution in [3.05, 3.63) is 59.0 Å². The van der Waals surface area contributed by atoms with Gasteiger partial charge in [-0.05, 0) is 30.3 Å². The Morgan fingerprint density at radius 2 is 1.84 bits per heavy atom.